The van der Waals surface area contributed by atoms with Crippen LogP contribution < -0.4 is 5.32 Å². The monoisotopic (exact) mass is 293 g/mol. The second-order valence-corrected chi connectivity index (χ2v) is 6.18. The number of unbranched alkanes of at least 4 members (excludes halogenated alkanes) is 2. The molecule has 21 heavy (non-hydrogen) atoms. The molecule has 0 aromatic carbocycles. The van der Waals surface area contributed by atoms with E-state index in [1.165, 1.54) is 51.6 Å². The Labute approximate surface area is 129 Å². The largest absolute Gasteiger partial charge is 0.308 e. The number of nitrogens with zero attached hydrogens (tertiary/aromatic N) is 4. The molecule has 1 saturated carbocycles. The van der Waals surface area contributed by atoms with Crippen molar-refractivity contribution in [3.05, 3.63) is 11.9 Å². The van der Waals surface area contributed by atoms with Gasteiger partial charge in [-0.1, -0.05) is 31.9 Å². The number of rotatable bonds is 12. The average Bonchev–Trinajstić information content (AvgIpc) is 3.22. The Hall–Kier alpha value is -0.940. The SMILES string of the molecule is CCCCN(CCCC)CCn1cc(CNC2CC2)nn1. The van der Waals surface area contributed by atoms with Gasteiger partial charge in [0.05, 0.1) is 12.2 Å². The van der Waals surface area contributed by atoms with Gasteiger partial charge in [0.1, 0.15) is 0 Å². The molecule has 0 saturated heterocycles. The third-order valence-electron chi connectivity index (χ3n) is 4.04. The van der Waals surface area contributed by atoms with E-state index < -0.39 is 0 Å². The minimum Gasteiger partial charge on any atom is -0.308 e. The molecule has 0 aliphatic heterocycles. The molecule has 2 rings (SSSR count). The molecular weight excluding hydrogens is 262 g/mol. The van der Waals surface area contributed by atoms with E-state index in [-0.39, 0.29) is 0 Å². The summed E-state index contributed by atoms with van der Waals surface area (Å²) in [5.74, 6) is 0. The van der Waals surface area contributed by atoms with Crippen LogP contribution in [0.3, 0.4) is 0 Å². The highest BCUT2D eigenvalue weighted by atomic mass is 15.4. The number of nitrogens with one attached hydrogen (secondary N) is 1. The summed E-state index contributed by atoms with van der Waals surface area (Å²) in [6, 6.07) is 0.730. The molecule has 0 amide bonds. The van der Waals surface area contributed by atoms with Gasteiger partial charge in [-0.05, 0) is 38.8 Å². The molecule has 120 valence electrons. The second-order valence-electron chi connectivity index (χ2n) is 6.18. The van der Waals surface area contributed by atoms with Crippen LogP contribution in [0.15, 0.2) is 6.20 Å². The Kier molecular flexibility index (Phi) is 7.16. The third-order valence-corrected chi connectivity index (χ3v) is 4.04. The summed E-state index contributed by atoms with van der Waals surface area (Å²) in [5.41, 5.74) is 1.07. The molecule has 1 aliphatic rings. The summed E-state index contributed by atoms with van der Waals surface area (Å²) in [6.07, 6.45) is 9.84. The molecule has 0 spiro atoms. The molecule has 1 aromatic rings. The van der Waals surface area contributed by atoms with Crippen molar-refractivity contribution < 1.29 is 0 Å². The summed E-state index contributed by atoms with van der Waals surface area (Å²) in [4.78, 5) is 2.57. The average molecular weight is 293 g/mol. The Balaban J connectivity index is 1.70. The van der Waals surface area contributed by atoms with E-state index in [4.69, 9.17) is 0 Å². The fraction of sp³-hybridized carbons (Fsp3) is 0.875. The molecular formula is C16H31N5. The predicted molar refractivity (Wildman–Crippen MR) is 86.1 cm³/mol. The van der Waals surface area contributed by atoms with Gasteiger partial charge in [-0.3, -0.25) is 4.68 Å². The summed E-state index contributed by atoms with van der Waals surface area (Å²) in [5, 5.41) is 12.0. The lowest BCUT2D eigenvalue weighted by Gasteiger charge is -2.21. The van der Waals surface area contributed by atoms with Crippen LogP contribution in [0.25, 0.3) is 0 Å². The first-order chi connectivity index (χ1) is 10.3. The van der Waals surface area contributed by atoms with Crippen molar-refractivity contribution in [2.75, 3.05) is 19.6 Å². The summed E-state index contributed by atoms with van der Waals surface area (Å²) >= 11 is 0. The van der Waals surface area contributed by atoms with E-state index in [2.05, 4.69) is 40.6 Å². The molecule has 0 radical (unpaired) electrons. The van der Waals surface area contributed by atoms with Gasteiger partial charge in [0.2, 0.25) is 0 Å². The van der Waals surface area contributed by atoms with E-state index in [1.807, 2.05) is 4.68 Å². The zero-order valence-electron chi connectivity index (χ0n) is 13.7. The van der Waals surface area contributed by atoms with Gasteiger partial charge >= 0.3 is 0 Å². The van der Waals surface area contributed by atoms with Gasteiger partial charge < -0.3 is 10.2 Å². The first-order valence-corrected chi connectivity index (χ1v) is 8.66. The molecule has 0 bridgehead atoms. The van der Waals surface area contributed by atoms with Crippen LogP contribution in [0, 0.1) is 0 Å². The zero-order valence-corrected chi connectivity index (χ0v) is 13.7. The van der Waals surface area contributed by atoms with Crippen molar-refractivity contribution in [1.82, 2.24) is 25.2 Å². The van der Waals surface area contributed by atoms with E-state index in [9.17, 15) is 0 Å². The maximum atomic E-state index is 4.25. The maximum Gasteiger partial charge on any atom is 0.0964 e. The number of aromatic nitrogens is 3. The second kappa shape index (κ2) is 9.15. The summed E-state index contributed by atoms with van der Waals surface area (Å²) in [7, 11) is 0. The molecule has 5 heteroatoms. The standard InChI is InChI=1S/C16H31N5/c1-3-5-9-20(10-6-4-2)11-12-21-14-16(18-19-21)13-17-15-7-8-15/h14-15,17H,3-13H2,1-2H3. The van der Waals surface area contributed by atoms with Crippen LogP contribution in [0.4, 0.5) is 0 Å². The molecule has 1 heterocycles. The molecule has 5 nitrogen and oxygen atoms in total. The molecule has 0 atom stereocenters. The highest BCUT2D eigenvalue weighted by molar-refractivity contribution is 4.94. The topological polar surface area (TPSA) is 46.0 Å². The Morgan fingerprint density at radius 3 is 2.52 bits per heavy atom. The normalized spacial score (nSPS) is 15.0. The first-order valence-electron chi connectivity index (χ1n) is 8.66. The molecule has 0 unspecified atom stereocenters. The fourth-order valence-corrected chi connectivity index (χ4v) is 2.41. The van der Waals surface area contributed by atoms with Crippen LogP contribution >= 0.6 is 0 Å². The highest BCUT2D eigenvalue weighted by Gasteiger charge is 2.20. The van der Waals surface area contributed by atoms with Gasteiger partial charge in [0.15, 0.2) is 0 Å². The van der Waals surface area contributed by atoms with Gasteiger partial charge in [-0.25, -0.2) is 0 Å². The number of hydrogen-bond acceptors (Lipinski definition) is 4. The van der Waals surface area contributed by atoms with Crippen LogP contribution in [0.2, 0.25) is 0 Å². The van der Waals surface area contributed by atoms with Crippen LogP contribution in [0.5, 0.6) is 0 Å². The quantitative estimate of drug-likeness (QED) is 0.643. The Morgan fingerprint density at radius 2 is 1.90 bits per heavy atom. The lowest BCUT2D eigenvalue weighted by atomic mass is 10.2. The van der Waals surface area contributed by atoms with E-state index in [0.717, 1.165) is 31.4 Å². The van der Waals surface area contributed by atoms with Crippen LogP contribution in [-0.4, -0.2) is 45.6 Å². The minimum atomic E-state index is 0.730. The van der Waals surface area contributed by atoms with E-state index in [0.29, 0.717) is 0 Å². The minimum absolute atomic E-state index is 0.730. The van der Waals surface area contributed by atoms with Crippen molar-refractivity contribution in [3.63, 3.8) is 0 Å². The fourth-order valence-electron chi connectivity index (χ4n) is 2.41. The van der Waals surface area contributed by atoms with Gasteiger partial charge in [-0.2, -0.15) is 0 Å². The number of hydrogen-bond donors (Lipinski definition) is 1. The van der Waals surface area contributed by atoms with E-state index in [1.54, 1.807) is 0 Å². The smallest absolute Gasteiger partial charge is 0.0964 e. The Morgan fingerprint density at radius 1 is 1.19 bits per heavy atom. The van der Waals surface area contributed by atoms with Crippen molar-refractivity contribution in [1.29, 1.82) is 0 Å². The van der Waals surface area contributed by atoms with Gasteiger partial charge in [-0.15, -0.1) is 5.10 Å². The first kappa shape index (κ1) is 16.4. The molecule has 1 fully saturated rings. The maximum absolute atomic E-state index is 4.25. The highest BCUT2D eigenvalue weighted by Crippen LogP contribution is 2.18. The molecule has 1 aromatic heterocycles. The van der Waals surface area contributed by atoms with Crippen molar-refractivity contribution >= 4 is 0 Å². The van der Waals surface area contributed by atoms with E-state index >= 15 is 0 Å². The zero-order chi connectivity index (χ0) is 14.9. The van der Waals surface area contributed by atoms with Crippen LogP contribution in [0.1, 0.15) is 58.1 Å². The van der Waals surface area contributed by atoms with Crippen LogP contribution in [-0.2, 0) is 13.1 Å². The van der Waals surface area contributed by atoms with Crippen molar-refractivity contribution in [3.8, 4) is 0 Å². The third kappa shape index (κ3) is 6.57. The van der Waals surface area contributed by atoms with Gasteiger partial charge in [0.25, 0.3) is 0 Å². The lowest BCUT2D eigenvalue weighted by Crippen LogP contribution is -2.29. The molecule has 1 N–H and O–H groups in total. The van der Waals surface area contributed by atoms with Gasteiger partial charge in [0, 0.05) is 25.3 Å². The van der Waals surface area contributed by atoms with Crippen molar-refractivity contribution in [2.24, 2.45) is 0 Å². The Bertz CT molecular complexity index is 378. The summed E-state index contributed by atoms with van der Waals surface area (Å²) < 4.78 is 1.99. The lowest BCUT2D eigenvalue weighted by molar-refractivity contribution is 0.250. The predicted octanol–water partition coefficient (Wildman–Crippen LogP) is 2.43. The van der Waals surface area contributed by atoms with Crippen molar-refractivity contribution in [2.45, 2.75) is 71.5 Å². The molecule has 1 aliphatic carbocycles. The summed E-state index contributed by atoms with van der Waals surface area (Å²) in [6.45, 7) is 9.83.